The van der Waals surface area contributed by atoms with Gasteiger partial charge in [0.05, 0.1) is 6.04 Å². The topological polar surface area (TPSA) is 101 Å². The Balaban J connectivity index is 1.47. The summed E-state index contributed by atoms with van der Waals surface area (Å²) in [6, 6.07) is 12.6. The molecule has 1 saturated heterocycles. The highest BCUT2D eigenvalue weighted by atomic mass is 32.1. The summed E-state index contributed by atoms with van der Waals surface area (Å²) >= 11 is 1.50. The zero-order valence-electron chi connectivity index (χ0n) is 20.3. The zero-order valence-corrected chi connectivity index (χ0v) is 21.1. The Labute approximate surface area is 213 Å². The van der Waals surface area contributed by atoms with E-state index in [1.807, 2.05) is 55.1 Å². The molecule has 4 heterocycles. The van der Waals surface area contributed by atoms with Gasteiger partial charge in [-0.25, -0.2) is 15.0 Å². The molecule has 1 fully saturated rings. The second-order valence-electron chi connectivity index (χ2n) is 9.02. The molecule has 1 aromatic carbocycles. The number of amides is 2. The van der Waals surface area contributed by atoms with Gasteiger partial charge in [-0.15, -0.1) is 0 Å². The van der Waals surface area contributed by atoms with Crippen molar-refractivity contribution >= 4 is 33.5 Å². The summed E-state index contributed by atoms with van der Waals surface area (Å²) < 4.78 is 0. The van der Waals surface area contributed by atoms with Crippen LogP contribution in [0.3, 0.4) is 0 Å². The predicted molar refractivity (Wildman–Crippen MR) is 139 cm³/mol. The highest BCUT2D eigenvalue weighted by molar-refractivity contribution is 7.18. The Bertz CT molecular complexity index is 1360. The molecule has 0 saturated carbocycles. The molecule has 9 heteroatoms. The number of pyridine rings is 1. The van der Waals surface area contributed by atoms with Gasteiger partial charge in [0.2, 0.25) is 11.8 Å². The van der Waals surface area contributed by atoms with E-state index in [9.17, 15) is 9.59 Å². The molecule has 0 radical (unpaired) electrons. The number of likely N-dealkylation sites (tertiary alicyclic amines) is 1. The predicted octanol–water partition coefficient (Wildman–Crippen LogP) is 4.72. The number of thiazole rings is 1. The van der Waals surface area contributed by atoms with Gasteiger partial charge >= 0.3 is 0 Å². The van der Waals surface area contributed by atoms with E-state index in [1.165, 1.54) is 11.3 Å². The maximum atomic E-state index is 13.9. The van der Waals surface area contributed by atoms with E-state index in [1.54, 1.807) is 24.8 Å². The number of nitrogens with one attached hydrogen (secondary N) is 1. The fraction of sp³-hybridized carbons (Fsp3) is 0.333. The molecule has 1 aliphatic rings. The molecular formula is C27H28N6O2S. The molecule has 36 heavy (non-hydrogen) atoms. The van der Waals surface area contributed by atoms with Crippen molar-refractivity contribution in [3.8, 4) is 11.3 Å². The second kappa shape index (κ2) is 10.5. The van der Waals surface area contributed by atoms with E-state index in [-0.39, 0.29) is 23.8 Å². The SMILES string of the molecule is CC[C@@H](C)C(=O)N[C@H](C(=O)N1CCC[C@H]1c1nc2c(-c3ccccc3)ncnc2s1)c1cccnc1. The third-order valence-corrected chi connectivity index (χ3v) is 7.76. The first-order valence-electron chi connectivity index (χ1n) is 12.2. The van der Waals surface area contributed by atoms with E-state index < -0.39 is 6.04 Å². The lowest BCUT2D eigenvalue weighted by Gasteiger charge is -2.29. The Morgan fingerprint density at radius 3 is 2.75 bits per heavy atom. The minimum Gasteiger partial charge on any atom is -0.340 e. The molecule has 1 N–H and O–H groups in total. The van der Waals surface area contributed by atoms with Crippen LogP contribution in [0.2, 0.25) is 0 Å². The zero-order chi connectivity index (χ0) is 25.1. The number of benzene rings is 1. The summed E-state index contributed by atoms with van der Waals surface area (Å²) in [7, 11) is 0. The fourth-order valence-electron chi connectivity index (χ4n) is 4.48. The average molecular weight is 501 g/mol. The number of hydrogen-bond donors (Lipinski definition) is 1. The molecule has 3 atom stereocenters. The molecule has 0 unspecified atom stereocenters. The normalized spacial score (nSPS) is 17.2. The quantitative estimate of drug-likeness (QED) is 0.394. The van der Waals surface area contributed by atoms with Crippen molar-refractivity contribution in [2.75, 3.05) is 6.54 Å². The van der Waals surface area contributed by atoms with Crippen molar-refractivity contribution in [3.05, 3.63) is 71.8 Å². The Kier molecular flexibility index (Phi) is 6.99. The molecule has 0 bridgehead atoms. The van der Waals surface area contributed by atoms with E-state index in [0.717, 1.165) is 39.5 Å². The molecule has 4 aromatic rings. The van der Waals surface area contributed by atoms with Gasteiger partial charge in [-0.1, -0.05) is 61.6 Å². The summed E-state index contributed by atoms with van der Waals surface area (Å²) in [5.41, 5.74) is 3.18. The number of aromatic nitrogens is 4. The maximum Gasteiger partial charge on any atom is 0.250 e. The third kappa shape index (κ3) is 4.70. The molecule has 8 nitrogen and oxygen atoms in total. The maximum absolute atomic E-state index is 13.9. The van der Waals surface area contributed by atoms with Gasteiger partial charge in [0.15, 0.2) is 0 Å². The molecular weight excluding hydrogens is 472 g/mol. The highest BCUT2D eigenvalue weighted by Crippen LogP contribution is 2.39. The minimum absolute atomic E-state index is 0.141. The van der Waals surface area contributed by atoms with Gasteiger partial charge in [0, 0.05) is 36.0 Å². The number of rotatable bonds is 7. The van der Waals surface area contributed by atoms with E-state index in [2.05, 4.69) is 20.3 Å². The van der Waals surface area contributed by atoms with Crippen molar-refractivity contribution in [2.24, 2.45) is 5.92 Å². The number of fused-ring (bicyclic) bond motifs is 1. The molecule has 5 rings (SSSR count). The van der Waals surface area contributed by atoms with Crippen LogP contribution in [0, 0.1) is 5.92 Å². The molecule has 184 valence electrons. The summed E-state index contributed by atoms with van der Waals surface area (Å²) in [6.45, 7) is 4.43. The van der Waals surface area contributed by atoms with Crippen LogP contribution in [0.4, 0.5) is 0 Å². The summed E-state index contributed by atoms with van der Waals surface area (Å²) in [6.07, 6.45) is 7.23. The highest BCUT2D eigenvalue weighted by Gasteiger charge is 2.37. The van der Waals surface area contributed by atoms with Crippen LogP contribution >= 0.6 is 11.3 Å². The van der Waals surface area contributed by atoms with Gasteiger partial charge in [-0.3, -0.25) is 14.6 Å². The van der Waals surface area contributed by atoms with Crippen LogP contribution in [0.15, 0.2) is 61.2 Å². The van der Waals surface area contributed by atoms with Crippen LogP contribution in [-0.2, 0) is 9.59 Å². The molecule has 0 aliphatic carbocycles. The number of carbonyl (C=O) groups excluding carboxylic acids is 2. The fourth-order valence-corrected chi connectivity index (χ4v) is 5.53. The van der Waals surface area contributed by atoms with E-state index in [4.69, 9.17) is 4.98 Å². The second-order valence-corrected chi connectivity index (χ2v) is 10.0. The van der Waals surface area contributed by atoms with Gasteiger partial charge in [-0.05, 0) is 25.3 Å². The van der Waals surface area contributed by atoms with Crippen LogP contribution < -0.4 is 5.32 Å². The van der Waals surface area contributed by atoms with Crippen LogP contribution in [-0.4, -0.2) is 43.2 Å². The largest absolute Gasteiger partial charge is 0.340 e. The first-order chi connectivity index (χ1) is 17.6. The summed E-state index contributed by atoms with van der Waals surface area (Å²) in [4.78, 5) is 47.4. The Hall–Kier alpha value is -3.72. The van der Waals surface area contributed by atoms with Crippen LogP contribution in [0.5, 0.6) is 0 Å². The van der Waals surface area contributed by atoms with Crippen molar-refractivity contribution in [2.45, 2.75) is 45.2 Å². The van der Waals surface area contributed by atoms with Crippen LogP contribution in [0.25, 0.3) is 21.6 Å². The van der Waals surface area contributed by atoms with Crippen molar-refractivity contribution in [1.82, 2.24) is 30.2 Å². The molecule has 0 spiro atoms. The molecule has 3 aromatic heterocycles. The first kappa shape index (κ1) is 24.0. The lowest BCUT2D eigenvalue weighted by Crippen LogP contribution is -2.44. The number of carbonyl (C=O) groups is 2. The Morgan fingerprint density at radius 1 is 1.17 bits per heavy atom. The van der Waals surface area contributed by atoms with Crippen molar-refractivity contribution in [1.29, 1.82) is 0 Å². The van der Waals surface area contributed by atoms with E-state index >= 15 is 0 Å². The monoisotopic (exact) mass is 500 g/mol. The number of hydrogen-bond acceptors (Lipinski definition) is 7. The van der Waals surface area contributed by atoms with E-state index in [0.29, 0.717) is 18.5 Å². The van der Waals surface area contributed by atoms with Gasteiger partial charge in [0.25, 0.3) is 0 Å². The average Bonchev–Trinajstić information content (AvgIpc) is 3.59. The molecule has 1 aliphatic heterocycles. The lowest BCUT2D eigenvalue weighted by atomic mass is 10.0. The smallest absolute Gasteiger partial charge is 0.250 e. The van der Waals surface area contributed by atoms with Crippen molar-refractivity contribution in [3.63, 3.8) is 0 Å². The lowest BCUT2D eigenvalue weighted by molar-refractivity contribution is -0.138. The molecule has 2 amide bonds. The third-order valence-electron chi connectivity index (χ3n) is 6.69. The minimum atomic E-state index is -0.796. The summed E-state index contributed by atoms with van der Waals surface area (Å²) in [5, 5.41) is 3.82. The Morgan fingerprint density at radius 2 is 2.00 bits per heavy atom. The number of nitrogens with zero attached hydrogens (tertiary/aromatic N) is 5. The van der Waals surface area contributed by atoms with Crippen molar-refractivity contribution < 1.29 is 9.59 Å². The van der Waals surface area contributed by atoms with Gasteiger partial charge < -0.3 is 10.2 Å². The first-order valence-corrected chi connectivity index (χ1v) is 13.1. The standard InChI is InChI=1S/C27H28N6O2S/c1-3-17(2)24(34)31-22(19-11-7-13-28-15-19)27(35)33-14-8-12-20(33)25-32-23-21(18-9-5-4-6-10-18)29-16-30-26(23)36-25/h4-7,9-11,13,15-17,20,22H,3,8,12,14H2,1-2H3,(H,31,34)/t17-,20+,22+/m1/s1. The van der Waals surface area contributed by atoms with Crippen LogP contribution in [0.1, 0.15) is 55.8 Å². The van der Waals surface area contributed by atoms with Gasteiger partial charge in [0.1, 0.15) is 33.4 Å². The van der Waals surface area contributed by atoms with Gasteiger partial charge in [-0.2, -0.15) is 0 Å². The summed E-state index contributed by atoms with van der Waals surface area (Å²) in [5.74, 6) is -0.473.